The number of carbonyl (C=O) groups excluding carboxylic acids is 1. The van der Waals surface area contributed by atoms with Crippen molar-refractivity contribution in [1.82, 2.24) is 14.9 Å². The van der Waals surface area contributed by atoms with Gasteiger partial charge in [-0.25, -0.2) is 0 Å². The lowest BCUT2D eigenvalue weighted by atomic mass is 9.88. The van der Waals surface area contributed by atoms with Gasteiger partial charge in [0.15, 0.2) is 0 Å². The van der Waals surface area contributed by atoms with Crippen LogP contribution >= 0.6 is 11.5 Å². The van der Waals surface area contributed by atoms with Crippen molar-refractivity contribution < 1.29 is 9.90 Å². The summed E-state index contributed by atoms with van der Waals surface area (Å²) in [6.45, 7) is 2.26. The quantitative estimate of drug-likeness (QED) is 0.817. The molecule has 23 heavy (non-hydrogen) atoms. The maximum Gasteiger partial charge on any atom is 0.265 e. The molecule has 3 rings (SSSR count). The second kappa shape index (κ2) is 6.76. The van der Waals surface area contributed by atoms with Gasteiger partial charge in [0, 0.05) is 0 Å². The summed E-state index contributed by atoms with van der Waals surface area (Å²) in [6.07, 6.45) is 3.64. The van der Waals surface area contributed by atoms with Crippen molar-refractivity contribution in [2.75, 3.05) is 6.54 Å². The van der Waals surface area contributed by atoms with Gasteiger partial charge >= 0.3 is 0 Å². The number of hydrogen-bond donors (Lipinski definition) is 2. The number of carbonyl (C=O) groups is 1. The smallest absolute Gasteiger partial charge is 0.265 e. The Hall–Kier alpha value is -1.79. The van der Waals surface area contributed by atoms with Crippen LogP contribution < -0.4 is 5.32 Å². The highest BCUT2D eigenvalue weighted by molar-refractivity contribution is 7.08. The van der Waals surface area contributed by atoms with E-state index in [2.05, 4.69) is 14.9 Å². The molecule has 2 N–H and O–H groups in total. The second-order valence-corrected chi connectivity index (χ2v) is 6.80. The lowest BCUT2D eigenvalue weighted by Gasteiger charge is -2.29. The van der Waals surface area contributed by atoms with E-state index >= 15 is 0 Å². The van der Waals surface area contributed by atoms with Crippen LogP contribution in [0.4, 0.5) is 0 Å². The van der Waals surface area contributed by atoms with Crippen molar-refractivity contribution in [2.45, 2.75) is 38.2 Å². The Morgan fingerprint density at radius 1 is 1.39 bits per heavy atom. The molecule has 1 fully saturated rings. The van der Waals surface area contributed by atoms with E-state index in [0.717, 1.165) is 48.5 Å². The maximum atomic E-state index is 12.4. The standard InChI is InChI=1S/C17H21N3O2S/c1-2-6-14-15(23-20-19-14)16(21)18-11-17(22,13-9-10-13)12-7-4-3-5-8-12/h3-5,7-8,13,22H,2,6,9-11H2,1H3,(H,18,21). The maximum absolute atomic E-state index is 12.4. The van der Waals surface area contributed by atoms with Gasteiger partial charge in [-0.15, -0.1) is 5.10 Å². The minimum atomic E-state index is -1.00. The molecular weight excluding hydrogens is 310 g/mol. The fourth-order valence-electron chi connectivity index (χ4n) is 2.85. The highest BCUT2D eigenvalue weighted by Crippen LogP contribution is 2.45. The predicted octanol–water partition coefficient (Wildman–Crippen LogP) is 2.52. The van der Waals surface area contributed by atoms with E-state index < -0.39 is 5.60 Å². The third kappa shape index (κ3) is 3.43. The average Bonchev–Trinajstić information content (AvgIpc) is 3.34. The molecular formula is C17H21N3O2S. The van der Waals surface area contributed by atoms with E-state index in [1.54, 1.807) is 0 Å². The summed E-state index contributed by atoms with van der Waals surface area (Å²) in [5.41, 5.74) is 0.601. The predicted molar refractivity (Wildman–Crippen MR) is 89.3 cm³/mol. The molecule has 6 heteroatoms. The Bertz CT molecular complexity index is 669. The summed E-state index contributed by atoms with van der Waals surface area (Å²) in [5.74, 6) is 0.0124. The molecule has 2 aromatic rings. The minimum Gasteiger partial charge on any atom is -0.383 e. The van der Waals surface area contributed by atoms with Crippen LogP contribution in [0.5, 0.6) is 0 Å². The van der Waals surface area contributed by atoms with E-state index in [9.17, 15) is 9.90 Å². The Morgan fingerprint density at radius 2 is 2.13 bits per heavy atom. The molecule has 0 saturated heterocycles. The van der Waals surface area contributed by atoms with Gasteiger partial charge in [0.05, 0.1) is 12.2 Å². The van der Waals surface area contributed by atoms with Crippen LogP contribution in [-0.2, 0) is 12.0 Å². The molecule has 0 bridgehead atoms. The monoisotopic (exact) mass is 331 g/mol. The van der Waals surface area contributed by atoms with Crippen molar-refractivity contribution in [1.29, 1.82) is 0 Å². The second-order valence-electron chi connectivity index (χ2n) is 6.05. The minimum absolute atomic E-state index is 0.196. The van der Waals surface area contributed by atoms with Gasteiger partial charge in [-0.3, -0.25) is 4.79 Å². The Labute approximate surface area is 139 Å². The van der Waals surface area contributed by atoms with Gasteiger partial charge in [0.2, 0.25) is 0 Å². The zero-order valence-corrected chi connectivity index (χ0v) is 14.0. The zero-order valence-electron chi connectivity index (χ0n) is 13.2. The van der Waals surface area contributed by atoms with Crippen molar-refractivity contribution in [2.24, 2.45) is 5.92 Å². The molecule has 1 saturated carbocycles. The highest BCUT2D eigenvalue weighted by atomic mass is 32.1. The third-order valence-corrected chi connectivity index (χ3v) is 5.06. The van der Waals surface area contributed by atoms with Gasteiger partial charge in [0.1, 0.15) is 10.5 Å². The number of rotatable bonds is 7. The van der Waals surface area contributed by atoms with E-state index in [-0.39, 0.29) is 18.4 Å². The number of amides is 1. The molecule has 1 unspecified atom stereocenters. The summed E-state index contributed by atoms with van der Waals surface area (Å²) >= 11 is 1.11. The first-order valence-electron chi connectivity index (χ1n) is 8.02. The molecule has 1 aliphatic carbocycles. The van der Waals surface area contributed by atoms with Gasteiger partial charge in [-0.05, 0) is 42.3 Å². The van der Waals surface area contributed by atoms with Crippen molar-refractivity contribution in [3.8, 4) is 0 Å². The number of aliphatic hydroxyl groups is 1. The molecule has 1 aliphatic rings. The summed E-state index contributed by atoms with van der Waals surface area (Å²) in [5, 5.41) is 18.0. The molecule has 122 valence electrons. The number of aryl methyl sites for hydroxylation is 1. The number of benzene rings is 1. The van der Waals surface area contributed by atoms with Crippen molar-refractivity contribution >= 4 is 17.4 Å². The highest BCUT2D eigenvalue weighted by Gasteiger charge is 2.45. The largest absolute Gasteiger partial charge is 0.383 e. The molecule has 0 spiro atoms. The Morgan fingerprint density at radius 3 is 2.78 bits per heavy atom. The fraction of sp³-hybridized carbons (Fsp3) is 0.471. The Kier molecular flexibility index (Phi) is 4.73. The van der Waals surface area contributed by atoms with Crippen LogP contribution in [0.1, 0.15) is 47.1 Å². The summed E-state index contributed by atoms with van der Waals surface area (Å²) in [4.78, 5) is 13.0. The first-order chi connectivity index (χ1) is 11.1. The van der Waals surface area contributed by atoms with Crippen LogP contribution in [0.3, 0.4) is 0 Å². The van der Waals surface area contributed by atoms with E-state index in [0.29, 0.717) is 4.88 Å². The van der Waals surface area contributed by atoms with Crippen LogP contribution in [0.15, 0.2) is 30.3 Å². The lowest BCUT2D eigenvalue weighted by Crippen LogP contribution is -2.42. The number of hydrogen-bond acceptors (Lipinski definition) is 5. The van der Waals surface area contributed by atoms with E-state index in [1.165, 1.54) is 0 Å². The Balaban J connectivity index is 1.72. The van der Waals surface area contributed by atoms with Gasteiger partial charge < -0.3 is 10.4 Å². The van der Waals surface area contributed by atoms with Crippen molar-refractivity contribution in [3.63, 3.8) is 0 Å². The van der Waals surface area contributed by atoms with E-state index in [4.69, 9.17) is 0 Å². The molecule has 0 aliphatic heterocycles. The molecule has 5 nitrogen and oxygen atoms in total. The van der Waals surface area contributed by atoms with Gasteiger partial charge in [-0.2, -0.15) is 0 Å². The third-order valence-electron chi connectivity index (χ3n) is 4.29. The zero-order chi connectivity index (χ0) is 16.3. The molecule has 0 radical (unpaired) electrons. The normalized spacial score (nSPS) is 16.8. The van der Waals surface area contributed by atoms with Crippen LogP contribution in [0.2, 0.25) is 0 Å². The van der Waals surface area contributed by atoms with Crippen LogP contribution in [-0.4, -0.2) is 27.1 Å². The molecule has 1 amide bonds. The van der Waals surface area contributed by atoms with Crippen molar-refractivity contribution in [3.05, 3.63) is 46.5 Å². The van der Waals surface area contributed by atoms with Gasteiger partial charge in [-0.1, -0.05) is 48.2 Å². The fourth-order valence-corrected chi connectivity index (χ4v) is 3.47. The SMILES string of the molecule is CCCc1nnsc1C(=O)NCC(O)(c1ccccc1)C1CC1. The van der Waals surface area contributed by atoms with Crippen LogP contribution in [0.25, 0.3) is 0 Å². The lowest BCUT2D eigenvalue weighted by molar-refractivity contribution is 0.0135. The summed E-state index contributed by atoms with van der Waals surface area (Å²) in [6, 6.07) is 9.59. The molecule has 1 heterocycles. The first kappa shape index (κ1) is 16.1. The average molecular weight is 331 g/mol. The molecule has 1 aromatic heterocycles. The topological polar surface area (TPSA) is 75.1 Å². The van der Waals surface area contributed by atoms with E-state index in [1.807, 2.05) is 37.3 Å². The number of nitrogens with one attached hydrogen (secondary N) is 1. The van der Waals surface area contributed by atoms with Crippen LogP contribution in [0, 0.1) is 5.92 Å². The van der Waals surface area contributed by atoms with Gasteiger partial charge in [0.25, 0.3) is 5.91 Å². The number of aromatic nitrogens is 2. The number of nitrogens with zero attached hydrogens (tertiary/aromatic N) is 2. The summed E-state index contributed by atoms with van der Waals surface area (Å²) < 4.78 is 3.88. The summed E-state index contributed by atoms with van der Waals surface area (Å²) in [7, 11) is 0. The molecule has 1 atom stereocenters. The molecule has 1 aromatic carbocycles. The first-order valence-corrected chi connectivity index (χ1v) is 8.80.